The average Bonchev–Trinajstić information content (AvgIpc) is 3.54. The maximum absolute atomic E-state index is 14.5. The predicted octanol–water partition coefficient (Wildman–Crippen LogP) is 3.80. The van der Waals surface area contributed by atoms with Crippen molar-refractivity contribution in [1.82, 2.24) is 29.4 Å². The predicted molar refractivity (Wildman–Crippen MR) is 148 cm³/mol. The van der Waals surface area contributed by atoms with Crippen LogP contribution in [-0.4, -0.2) is 68.2 Å². The molecule has 3 aliphatic heterocycles. The fourth-order valence-electron chi connectivity index (χ4n) is 6.28. The van der Waals surface area contributed by atoms with Crippen LogP contribution in [0.25, 0.3) is 10.9 Å². The van der Waals surface area contributed by atoms with Gasteiger partial charge in [-0.2, -0.15) is 14.4 Å². The Morgan fingerprint density at radius 3 is 2.85 bits per heavy atom. The van der Waals surface area contributed by atoms with Crippen molar-refractivity contribution >= 4 is 22.4 Å². The minimum atomic E-state index is -0.412. The summed E-state index contributed by atoms with van der Waals surface area (Å²) in [5.74, 6) is 0.440. The molecule has 0 unspecified atom stereocenters. The van der Waals surface area contributed by atoms with Gasteiger partial charge in [-0.3, -0.25) is 4.98 Å². The van der Waals surface area contributed by atoms with E-state index in [1.165, 1.54) is 6.42 Å². The number of likely N-dealkylation sites (tertiary alicyclic amines) is 1. The van der Waals surface area contributed by atoms with E-state index in [4.69, 9.17) is 14.7 Å². The third-order valence-corrected chi connectivity index (χ3v) is 8.53. The van der Waals surface area contributed by atoms with E-state index in [0.717, 1.165) is 59.6 Å². The van der Waals surface area contributed by atoms with Crippen LogP contribution in [0.1, 0.15) is 36.7 Å². The molecular formula is C29H33FN8O. The molecule has 0 saturated carbocycles. The van der Waals surface area contributed by atoms with Crippen LogP contribution in [0.3, 0.4) is 0 Å². The van der Waals surface area contributed by atoms with E-state index in [0.29, 0.717) is 44.0 Å². The standard InChI is InChI=1S/C29H33FN8O/c1-19-14-37-18-32-27(30)25(37)16-38(19)28-22-10-13-36(24-9-3-6-20-7-4-11-31-26(20)24)15-23(22)33-29(34-28)39-17-21-8-5-12-35(21)2/h3-4,6-7,9,11,18-19,21H,5,8,10,12-17H2,1-2H3/t19-,21+/m1/s1. The number of fused-ring (bicyclic) bond motifs is 3. The van der Waals surface area contributed by atoms with Gasteiger partial charge in [0.05, 0.1) is 42.0 Å². The summed E-state index contributed by atoms with van der Waals surface area (Å²) in [6.45, 7) is 6.32. The lowest BCUT2D eigenvalue weighted by molar-refractivity contribution is 0.187. The third kappa shape index (κ3) is 4.36. The third-order valence-electron chi connectivity index (χ3n) is 8.53. The van der Waals surface area contributed by atoms with Crippen LogP contribution in [0.4, 0.5) is 15.9 Å². The number of anilines is 2. The minimum Gasteiger partial charge on any atom is -0.462 e. The molecule has 3 aliphatic rings. The van der Waals surface area contributed by atoms with Crippen molar-refractivity contribution in [3.63, 3.8) is 0 Å². The molecule has 1 saturated heterocycles. The average molecular weight is 529 g/mol. The summed E-state index contributed by atoms with van der Waals surface area (Å²) in [5, 5.41) is 1.12. The van der Waals surface area contributed by atoms with Crippen molar-refractivity contribution < 1.29 is 9.13 Å². The number of likely N-dealkylation sites (N-methyl/N-ethyl adjacent to an activating group) is 1. The van der Waals surface area contributed by atoms with Crippen LogP contribution in [0.15, 0.2) is 42.9 Å². The number of ether oxygens (including phenoxy) is 1. The summed E-state index contributed by atoms with van der Waals surface area (Å²) in [6, 6.07) is 11.3. The van der Waals surface area contributed by atoms with E-state index < -0.39 is 5.95 Å². The van der Waals surface area contributed by atoms with Gasteiger partial charge in [0.15, 0.2) is 0 Å². The molecule has 0 aliphatic carbocycles. The van der Waals surface area contributed by atoms with E-state index >= 15 is 0 Å². The van der Waals surface area contributed by atoms with Gasteiger partial charge in [0.25, 0.3) is 0 Å². The smallest absolute Gasteiger partial charge is 0.318 e. The zero-order valence-electron chi connectivity index (χ0n) is 22.4. The molecule has 1 fully saturated rings. The van der Waals surface area contributed by atoms with Crippen molar-refractivity contribution in [3.8, 4) is 6.01 Å². The first-order chi connectivity index (χ1) is 19.0. The number of nitrogens with zero attached hydrogens (tertiary/aromatic N) is 8. The Morgan fingerprint density at radius 1 is 1.08 bits per heavy atom. The Labute approximate surface area is 227 Å². The molecule has 10 heteroatoms. The first-order valence-electron chi connectivity index (χ1n) is 13.8. The van der Waals surface area contributed by atoms with E-state index in [2.05, 4.69) is 62.9 Å². The Hall–Kier alpha value is -3.79. The molecule has 0 bridgehead atoms. The molecule has 202 valence electrons. The lowest BCUT2D eigenvalue weighted by Crippen LogP contribution is -2.43. The molecule has 9 nitrogen and oxygen atoms in total. The van der Waals surface area contributed by atoms with Crippen molar-refractivity contribution in [2.75, 3.05) is 36.5 Å². The topological polar surface area (TPSA) is 75.4 Å². The number of pyridine rings is 1. The fourth-order valence-corrected chi connectivity index (χ4v) is 6.28. The molecule has 0 spiro atoms. The second kappa shape index (κ2) is 9.75. The molecule has 1 aromatic carbocycles. The van der Waals surface area contributed by atoms with Gasteiger partial charge < -0.3 is 24.0 Å². The van der Waals surface area contributed by atoms with Gasteiger partial charge in [0.1, 0.15) is 12.4 Å². The fraction of sp³-hybridized carbons (Fsp3) is 0.448. The number of rotatable bonds is 5. The molecule has 39 heavy (non-hydrogen) atoms. The highest BCUT2D eigenvalue weighted by Gasteiger charge is 2.33. The van der Waals surface area contributed by atoms with Crippen LogP contribution in [0, 0.1) is 5.95 Å². The van der Waals surface area contributed by atoms with Crippen molar-refractivity contribution in [2.45, 2.75) is 57.9 Å². The first-order valence-corrected chi connectivity index (χ1v) is 13.8. The summed E-state index contributed by atoms with van der Waals surface area (Å²) in [5.41, 5.74) is 4.76. The van der Waals surface area contributed by atoms with Gasteiger partial charge in [-0.1, -0.05) is 18.2 Å². The number of benzene rings is 1. The maximum atomic E-state index is 14.5. The molecule has 2 atom stereocenters. The summed E-state index contributed by atoms with van der Waals surface area (Å²) < 4.78 is 22.7. The molecule has 0 radical (unpaired) electrons. The SMILES string of the molecule is C[C@@H]1Cn2cnc(F)c2CN1c1nc(OC[C@@H]2CCCN2C)nc2c1CCN(c1cccc3cccnc13)C2. The Balaban J connectivity index is 1.25. The van der Waals surface area contributed by atoms with Gasteiger partial charge in [-0.25, -0.2) is 4.98 Å². The molecule has 0 N–H and O–H groups in total. The largest absolute Gasteiger partial charge is 0.462 e. The summed E-state index contributed by atoms with van der Waals surface area (Å²) in [7, 11) is 2.14. The van der Waals surface area contributed by atoms with Crippen LogP contribution < -0.4 is 14.5 Å². The van der Waals surface area contributed by atoms with Gasteiger partial charge in [-0.05, 0) is 51.9 Å². The highest BCUT2D eigenvalue weighted by atomic mass is 19.1. The second-order valence-electron chi connectivity index (χ2n) is 11.0. The number of hydrogen-bond acceptors (Lipinski definition) is 8. The Kier molecular flexibility index (Phi) is 6.07. The molecule has 6 heterocycles. The van der Waals surface area contributed by atoms with E-state index in [1.54, 1.807) is 6.33 Å². The van der Waals surface area contributed by atoms with Gasteiger partial charge in [0.2, 0.25) is 5.95 Å². The van der Waals surface area contributed by atoms with E-state index in [1.807, 2.05) is 16.8 Å². The number of aromatic nitrogens is 5. The summed E-state index contributed by atoms with van der Waals surface area (Å²) in [4.78, 5) is 25.4. The highest BCUT2D eigenvalue weighted by molar-refractivity contribution is 5.90. The molecular weight excluding hydrogens is 495 g/mol. The van der Waals surface area contributed by atoms with E-state index in [-0.39, 0.29) is 6.04 Å². The highest BCUT2D eigenvalue weighted by Crippen LogP contribution is 2.35. The number of hydrogen-bond donors (Lipinski definition) is 0. The van der Waals surface area contributed by atoms with Gasteiger partial charge in [0, 0.05) is 42.3 Å². The maximum Gasteiger partial charge on any atom is 0.318 e. The lowest BCUT2D eigenvalue weighted by Gasteiger charge is -2.38. The van der Waals surface area contributed by atoms with Crippen molar-refractivity contribution in [1.29, 1.82) is 0 Å². The van der Waals surface area contributed by atoms with Crippen LogP contribution in [0.5, 0.6) is 6.01 Å². The first kappa shape index (κ1) is 24.3. The zero-order valence-corrected chi connectivity index (χ0v) is 22.4. The number of imidazole rings is 1. The second-order valence-corrected chi connectivity index (χ2v) is 11.0. The normalized spacial score (nSPS) is 21.3. The molecule has 3 aromatic heterocycles. The number of para-hydroxylation sites is 1. The Morgan fingerprint density at radius 2 is 1.97 bits per heavy atom. The zero-order chi connectivity index (χ0) is 26.5. The van der Waals surface area contributed by atoms with Gasteiger partial charge in [-0.15, -0.1) is 0 Å². The lowest BCUT2D eigenvalue weighted by atomic mass is 10.0. The van der Waals surface area contributed by atoms with Crippen LogP contribution >= 0.6 is 0 Å². The quantitative estimate of drug-likeness (QED) is 0.387. The van der Waals surface area contributed by atoms with E-state index in [9.17, 15) is 4.39 Å². The van der Waals surface area contributed by atoms with Crippen LogP contribution in [-0.2, 0) is 26.1 Å². The summed E-state index contributed by atoms with van der Waals surface area (Å²) >= 11 is 0. The Bertz CT molecular complexity index is 1520. The molecule has 4 aromatic rings. The molecule has 7 rings (SSSR count). The van der Waals surface area contributed by atoms with Crippen molar-refractivity contribution in [2.24, 2.45) is 0 Å². The monoisotopic (exact) mass is 528 g/mol. The summed E-state index contributed by atoms with van der Waals surface area (Å²) in [6.07, 6.45) is 6.51. The van der Waals surface area contributed by atoms with Gasteiger partial charge >= 0.3 is 6.01 Å². The molecule has 0 amide bonds. The minimum absolute atomic E-state index is 0.124. The van der Waals surface area contributed by atoms with Crippen LogP contribution in [0.2, 0.25) is 0 Å². The van der Waals surface area contributed by atoms with Crippen molar-refractivity contribution in [3.05, 3.63) is 65.8 Å². The number of halogens is 1.